The number of nitrogens with zero attached hydrogens (tertiary/aromatic N) is 2. The van der Waals surface area contributed by atoms with E-state index in [1.54, 1.807) is 42.5 Å². The van der Waals surface area contributed by atoms with Gasteiger partial charge in [-0.1, -0.05) is 17.7 Å². The Morgan fingerprint density at radius 1 is 1.16 bits per heavy atom. The molecule has 3 nitrogen and oxygen atoms in total. The van der Waals surface area contributed by atoms with Gasteiger partial charge >= 0.3 is 6.97 Å². The molecule has 0 spiro atoms. The van der Waals surface area contributed by atoms with E-state index in [-0.39, 0.29) is 0 Å². The van der Waals surface area contributed by atoms with Crippen LogP contribution in [0.15, 0.2) is 52.8 Å². The molecule has 2 aliphatic rings. The molecule has 0 N–H and O–H groups in total. The molecular weight excluding hydrogens is 480 g/mol. The van der Waals surface area contributed by atoms with E-state index >= 15 is 8.63 Å². The van der Waals surface area contributed by atoms with Crippen molar-refractivity contribution in [2.75, 3.05) is 7.11 Å². The highest BCUT2D eigenvalue weighted by atomic mass is 79.9. The Kier molecular flexibility index (Phi) is 3.97. The van der Waals surface area contributed by atoms with Gasteiger partial charge < -0.3 is 22.3 Å². The summed E-state index contributed by atoms with van der Waals surface area (Å²) < 4.78 is 38.4. The number of fused-ring (bicyclic) bond motifs is 2. The van der Waals surface area contributed by atoms with Gasteiger partial charge in [0.25, 0.3) is 0 Å². The van der Waals surface area contributed by atoms with Crippen molar-refractivity contribution in [3.63, 3.8) is 0 Å². The summed E-state index contributed by atoms with van der Waals surface area (Å²) in [5.41, 5.74) is 1.92. The van der Waals surface area contributed by atoms with Crippen LogP contribution in [-0.2, 0) is 0 Å². The molecule has 0 aliphatic carbocycles. The van der Waals surface area contributed by atoms with E-state index in [9.17, 15) is 0 Å². The minimum atomic E-state index is -4.06. The molecule has 4 rings (SSSR count). The topological polar surface area (TPSA) is 17.2 Å². The lowest BCUT2D eigenvalue weighted by atomic mass is 9.86. The van der Waals surface area contributed by atoms with E-state index in [2.05, 4.69) is 31.9 Å². The van der Waals surface area contributed by atoms with Crippen LogP contribution in [0, 0.1) is 0 Å². The first-order chi connectivity index (χ1) is 11.9. The van der Waals surface area contributed by atoms with Crippen LogP contribution in [0.4, 0.5) is 8.63 Å². The number of aromatic nitrogens is 1. The number of methoxy groups -OCH3 is 1. The molecule has 0 unspecified atom stereocenters. The van der Waals surface area contributed by atoms with Crippen molar-refractivity contribution >= 4 is 60.6 Å². The summed E-state index contributed by atoms with van der Waals surface area (Å²) in [6, 6.07) is 8.50. The van der Waals surface area contributed by atoms with Crippen molar-refractivity contribution < 1.29 is 17.9 Å². The Morgan fingerprint density at radius 3 is 2.64 bits per heavy atom. The third kappa shape index (κ3) is 2.30. The molecule has 0 bridgehead atoms. The van der Waals surface area contributed by atoms with Crippen molar-refractivity contribution in [3.8, 4) is 5.75 Å². The summed E-state index contributed by atoms with van der Waals surface area (Å²) in [5, 5.41) is 0.430. The zero-order valence-electron chi connectivity index (χ0n) is 12.8. The fourth-order valence-corrected chi connectivity index (χ4v) is 4.71. The first-order valence-corrected chi connectivity index (χ1v) is 9.31. The number of hydrogen-bond acceptors (Lipinski definition) is 1. The smallest absolute Gasteiger partial charge is 0.496 e. The highest BCUT2D eigenvalue weighted by Crippen LogP contribution is 2.46. The molecule has 0 amide bonds. The third-order valence-corrected chi connectivity index (χ3v) is 5.92. The van der Waals surface area contributed by atoms with Gasteiger partial charge in [-0.15, -0.1) is 0 Å². The van der Waals surface area contributed by atoms with Crippen LogP contribution < -0.4 is 4.74 Å². The van der Waals surface area contributed by atoms with E-state index in [1.165, 1.54) is 7.11 Å². The van der Waals surface area contributed by atoms with Crippen LogP contribution in [-0.4, -0.2) is 27.7 Å². The molecule has 0 saturated heterocycles. The summed E-state index contributed by atoms with van der Waals surface area (Å²) in [6.07, 6.45) is 3.26. The SMILES string of the molecule is COc1cccc(Cl)c1C1=C2C=CC(Br)=[N+]2[B-](F)(F)n2c(Br)ccc21. The molecule has 0 saturated carbocycles. The maximum absolute atomic E-state index is 15.2. The van der Waals surface area contributed by atoms with Gasteiger partial charge in [-0.3, -0.25) is 0 Å². The molecule has 1 aromatic carbocycles. The van der Waals surface area contributed by atoms with Gasteiger partial charge in [-0.2, -0.15) is 0 Å². The lowest BCUT2D eigenvalue weighted by molar-refractivity contribution is -0.358. The van der Waals surface area contributed by atoms with E-state index < -0.39 is 6.97 Å². The summed E-state index contributed by atoms with van der Waals surface area (Å²) in [4.78, 5) is 0. The highest BCUT2D eigenvalue weighted by Gasteiger charge is 2.54. The number of ether oxygens (including phenoxy) is 1. The van der Waals surface area contributed by atoms with Crippen molar-refractivity contribution in [2.45, 2.75) is 0 Å². The van der Waals surface area contributed by atoms with Gasteiger partial charge in [-0.05, 0) is 40.2 Å². The molecule has 128 valence electrons. The normalized spacial score (nSPS) is 17.8. The Morgan fingerprint density at radius 2 is 1.92 bits per heavy atom. The Balaban J connectivity index is 2.16. The van der Waals surface area contributed by atoms with Gasteiger partial charge in [0.2, 0.25) is 4.62 Å². The molecule has 25 heavy (non-hydrogen) atoms. The number of hydrogen-bond donors (Lipinski definition) is 0. The lowest BCUT2D eigenvalue weighted by Gasteiger charge is -2.32. The predicted molar refractivity (Wildman–Crippen MR) is 103 cm³/mol. The van der Waals surface area contributed by atoms with Crippen LogP contribution in [0.5, 0.6) is 5.75 Å². The van der Waals surface area contributed by atoms with Gasteiger partial charge in [-0.25, -0.2) is 0 Å². The average molecular weight is 490 g/mol. The third-order valence-electron chi connectivity index (χ3n) is 4.32. The molecule has 1 aromatic heterocycles. The van der Waals surface area contributed by atoms with E-state index in [0.29, 0.717) is 42.5 Å². The zero-order valence-corrected chi connectivity index (χ0v) is 16.7. The minimum Gasteiger partial charge on any atom is -0.496 e. The Bertz CT molecular complexity index is 1010. The quantitative estimate of drug-likeness (QED) is 0.524. The van der Waals surface area contributed by atoms with Crippen LogP contribution in [0.2, 0.25) is 5.02 Å². The number of rotatable bonds is 2. The maximum atomic E-state index is 15.2. The van der Waals surface area contributed by atoms with Gasteiger partial charge in [0, 0.05) is 33.8 Å². The van der Waals surface area contributed by atoms with E-state index in [0.717, 1.165) is 8.96 Å². The average Bonchev–Trinajstić information content (AvgIpc) is 3.13. The highest BCUT2D eigenvalue weighted by molar-refractivity contribution is 9.18. The zero-order chi connectivity index (χ0) is 17.9. The van der Waals surface area contributed by atoms with Gasteiger partial charge in [0.05, 0.1) is 27.9 Å². The maximum Gasteiger partial charge on any atom is 0.738 e. The largest absolute Gasteiger partial charge is 0.738 e. The lowest BCUT2D eigenvalue weighted by Crippen LogP contribution is -2.50. The molecule has 2 aliphatic heterocycles. The van der Waals surface area contributed by atoms with Crippen LogP contribution in [0.3, 0.4) is 0 Å². The van der Waals surface area contributed by atoms with Crippen LogP contribution in [0.1, 0.15) is 11.3 Å². The monoisotopic (exact) mass is 488 g/mol. The first-order valence-electron chi connectivity index (χ1n) is 7.34. The minimum absolute atomic E-state index is 0.294. The fraction of sp³-hybridized carbons (Fsp3) is 0.0625. The van der Waals surface area contributed by atoms with Crippen LogP contribution >= 0.6 is 43.5 Å². The van der Waals surface area contributed by atoms with Crippen LogP contribution in [0.25, 0.3) is 5.57 Å². The Labute approximate surface area is 164 Å². The fourth-order valence-electron chi connectivity index (χ4n) is 3.31. The summed E-state index contributed by atoms with van der Waals surface area (Å²) in [7, 11) is 1.53. The van der Waals surface area contributed by atoms with Crippen molar-refractivity contribution in [3.05, 3.63) is 69.1 Å². The standard InChI is InChI=1S/C16H10BBr2ClF2N2O/c1-25-12-4-2-3-9(20)15(12)16-10-5-7-13(18)23(10)17(21,22)24-11(16)6-8-14(24)19/h2-8H,1H3. The van der Waals surface area contributed by atoms with Crippen molar-refractivity contribution in [1.82, 2.24) is 4.48 Å². The first kappa shape index (κ1) is 17.1. The second kappa shape index (κ2) is 5.82. The molecule has 2 aromatic rings. The summed E-state index contributed by atoms with van der Waals surface area (Å²) >= 11 is 12.9. The number of benzene rings is 1. The molecule has 9 heteroatoms. The second-order valence-electron chi connectivity index (χ2n) is 5.60. The summed E-state index contributed by atoms with van der Waals surface area (Å²) in [6.45, 7) is -4.06. The molecule has 0 radical (unpaired) electrons. The molecule has 0 fully saturated rings. The van der Waals surface area contributed by atoms with Gasteiger partial charge in [0.1, 0.15) is 5.75 Å². The Hall–Kier alpha value is -1.38. The predicted octanol–water partition coefficient (Wildman–Crippen LogP) is 5.28. The second-order valence-corrected chi connectivity index (χ2v) is 7.64. The van der Waals surface area contributed by atoms with E-state index in [4.69, 9.17) is 16.3 Å². The van der Waals surface area contributed by atoms with Crippen molar-refractivity contribution in [2.24, 2.45) is 0 Å². The van der Waals surface area contributed by atoms with Crippen molar-refractivity contribution in [1.29, 1.82) is 0 Å². The molecule has 0 atom stereocenters. The summed E-state index contributed by atoms with van der Waals surface area (Å²) in [5.74, 6) is 0.521. The number of allylic oxidation sites excluding steroid dienone is 2. The molecule has 3 heterocycles. The number of halogens is 5. The van der Waals surface area contributed by atoms with E-state index in [1.807, 2.05) is 0 Å². The van der Waals surface area contributed by atoms with Gasteiger partial charge in [0.15, 0.2) is 5.70 Å². The molecular formula is C16H10BBr2ClF2N2O.